The van der Waals surface area contributed by atoms with Gasteiger partial charge in [0.25, 0.3) is 11.5 Å². The van der Waals surface area contributed by atoms with Gasteiger partial charge in [0, 0.05) is 9.35 Å². The molecule has 1 N–H and O–H groups in total. The van der Waals surface area contributed by atoms with Crippen molar-refractivity contribution in [1.82, 2.24) is 15.0 Å². The van der Waals surface area contributed by atoms with Crippen LogP contribution in [0.15, 0.2) is 74.1 Å². The van der Waals surface area contributed by atoms with Crippen molar-refractivity contribution < 1.29 is 4.79 Å². The van der Waals surface area contributed by atoms with Crippen LogP contribution in [0.3, 0.4) is 0 Å². The number of aromatic nitrogens is 2. The Hall–Kier alpha value is -2.75. The van der Waals surface area contributed by atoms with Crippen LogP contribution >= 0.6 is 39.0 Å². The van der Waals surface area contributed by atoms with Crippen LogP contribution in [-0.4, -0.2) is 27.4 Å². The number of nitrogens with zero attached hydrogens (tertiary/aromatic N) is 3. The predicted molar refractivity (Wildman–Crippen MR) is 142 cm³/mol. The number of benzene rings is 2. The minimum atomic E-state index is -0.268. The number of hydrogen-bond donors (Lipinski definition) is 1. The van der Waals surface area contributed by atoms with Crippen LogP contribution < -0.4 is 11.0 Å². The average Bonchev–Trinajstić information content (AvgIpc) is 3.22. The Balaban J connectivity index is 1.42. The van der Waals surface area contributed by atoms with Crippen molar-refractivity contribution in [2.75, 3.05) is 5.75 Å². The highest BCUT2D eigenvalue weighted by molar-refractivity contribution is 9.10. The summed E-state index contributed by atoms with van der Waals surface area (Å²) in [5.74, 6) is -0.179. The number of rotatable bonds is 6. The van der Waals surface area contributed by atoms with Gasteiger partial charge in [-0.2, -0.15) is 5.10 Å². The Morgan fingerprint density at radius 2 is 2.00 bits per heavy atom. The van der Waals surface area contributed by atoms with Gasteiger partial charge in [-0.25, -0.2) is 10.4 Å². The highest BCUT2D eigenvalue weighted by Crippen LogP contribution is 2.35. The molecule has 5 rings (SSSR count). The van der Waals surface area contributed by atoms with Gasteiger partial charge >= 0.3 is 0 Å². The Bertz CT molecular complexity index is 1450. The standard InChI is InChI=1S/C25H21BrN4O2S2/c26-17-8-6-7-16(13-17)14-27-29-21(31)15-33-25-28-23-22(19-11-4-5-12-20(19)34-23)24(32)30(25)18-9-2-1-3-10-18/h1-3,6-10,13-14H,4-5,11-12,15H2,(H,29,31)/b27-14-. The summed E-state index contributed by atoms with van der Waals surface area (Å²) in [6, 6.07) is 17.1. The lowest BCUT2D eigenvalue weighted by atomic mass is 9.97. The lowest BCUT2D eigenvalue weighted by Crippen LogP contribution is -2.24. The molecule has 1 aliphatic carbocycles. The zero-order valence-corrected chi connectivity index (χ0v) is 21.4. The van der Waals surface area contributed by atoms with Crippen molar-refractivity contribution in [3.8, 4) is 5.69 Å². The van der Waals surface area contributed by atoms with E-state index in [0.29, 0.717) is 5.16 Å². The summed E-state index contributed by atoms with van der Waals surface area (Å²) in [6.07, 6.45) is 5.76. The molecule has 0 aliphatic heterocycles. The summed E-state index contributed by atoms with van der Waals surface area (Å²) in [4.78, 5) is 33.0. The summed E-state index contributed by atoms with van der Waals surface area (Å²) in [6.45, 7) is 0. The smallest absolute Gasteiger partial charge is 0.267 e. The molecule has 0 saturated carbocycles. The second-order valence-corrected chi connectivity index (χ2v) is 10.8. The first-order valence-corrected chi connectivity index (χ1v) is 13.5. The van der Waals surface area contributed by atoms with Crippen molar-refractivity contribution in [2.45, 2.75) is 30.8 Å². The minimum absolute atomic E-state index is 0.0637. The number of thiophene rings is 1. The van der Waals surface area contributed by atoms with E-state index in [4.69, 9.17) is 4.98 Å². The molecule has 172 valence electrons. The third-order valence-corrected chi connectivity index (χ3v) is 8.17. The van der Waals surface area contributed by atoms with Crippen molar-refractivity contribution >= 4 is 61.4 Å². The Morgan fingerprint density at radius 3 is 2.82 bits per heavy atom. The molecule has 0 spiro atoms. The third-order valence-electron chi connectivity index (χ3n) is 5.56. The molecular weight excluding hydrogens is 532 g/mol. The summed E-state index contributed by atoms with van der Waals surface area (Å²) in [5.41, 5.74) is 5.26. The van der Waals surface area contributed by atoms with E-state index in [1.165, 1.54) is 16.6 Å². The van der Waals surface area contributed by atoms with Crippen molar-refractivity contribution in [2.24, 2.45) is 5.10 Å². The number of hydrazone groups is 1. The highest BCUT2D eigenvalue weighted by Gasteiger charge is 2.23. The van der Waals surface area contributed by atoms with Gasteiger partial charge in [-0.05, 0) is 61.1 Å². The van der Waals surface area contributed by atoms with Crippen molar-refractivity contribution in [3.05, 3.63) is 85.4 Å². The maximum Gasteiger partial charge on any atom is 0.267 e. The van der Waals surface area contributed by atoms with E-state index >= 15 is 0 Å². The van der Waals surface area contributed by atoms with Gasteiger partial charge in [0.05, 0.1) is 23.0 Å². The number of hydrogen-bond acceptors (Lipinski definition) is 6. The first-order chi connectivity index (χ1) is 16.6. The van der Waals surface area contributed by atoms with Crippen LogP contribution in [0, 0.1) is 0 Å². The highest BCUT2D eigenvalue weighted by atomic mass is 79.9. The molecule has 0 fully saturated rings. The van der Waals surface area contributed by atoms with Gasteiger partial charge in [-0.15, -0.1) is 11.3 Å². The van der Waals surface area contributed by atoms with Crippen LogP contribution in [0.4, 0.5) is 0 Å². The molecule has 0 radical (unpaired) electrons. The zero-order chi connectivity index (χ0) is 23.5. The number of fused-ring (bicyclic) bond motifs is 3. The number of nitrogens with one attached hydrogen (secondary N) is 1. The third kappa shape index (κ3) is 4.87. The summed E-state index contributed by atoms with van der Waals surface area (Å²) in [5, 5.41) is 5.28. The van der Waals surface area contributed by atoms with Crippen molar-refractivity contribution in [1.29, 1.82) is 0 Å². The normalized spacial score (nSPS) is 13.3. The number of para-hydroxylation sites is 1. The van der Waals surface area contributed by atoms with Gasteiger partial charge in [0.1, 0.15) is 4.83 Å². The molecule has 2 aromatic carbocycles. The molecule has 4 aromatic rings. The summed E-state index contributed by atoms with van der Waals surface area (Å²) in [7, 11) is 0. The molecule has 6 nitrogen and oxygen atoms in total. The fourth-order valence-corrected chi connectivity index (χ4v) is 6.54. The molecule has 0 unspecified atom stereocenters. The van der Waals surface area contributed by atoms with E-state index in [1.807, 2.05) is 54.6 Å². The number of aryl methyl sites for hydroxylation is 2. The number of carbonyl (C=O) groups is 1. The quantitative estimate of drug-likeness (QED) is 0.152. The molecule has 0 atom stereocenters. The van der Waals surface area contributed by atoms with E-state index < -0.39 is 0 Å². The maximum atomic E-state index is 13.7. The first-order valence-electron chi connectivity index (χ1n) is 10.9. The first kappa shape index (κ1) is 23.0. The van der Waals surface area contributed by atoms with Crippen LogP contribution in [0.2, 0.25) is 0 Å². The Morgan fingerprint density at radius 1 is 1.18 bits per heavy atom. The average molecular weight is 554 g/mol. The molecular formula is C25H21BrN4O2S2. The van der Waals surface area contributed by atoms with Gasteiger partial charge in [0.15, 0.2) is 5.16 Å². The molecule has 2 aromatic heterocycles. The summed E-state index contributed by atoms with van der Waals surface area (Å²) < 4.78 is 2.57. The van der Waals surface area contributed by atoms with E-state index in [-0.39, 0.29) is 17.2 Å². The van der Waals surface area contributed by atoms with Crippen LogP contribution in [0.25, 0.3) is 15.9 Å². The number of thioether (sulfide) groups is 1. The van der Waals surface area contributed by atoms with Gasteiger partial charge < -0.3 is 0 Å². The van der Waals surface area contributed by atoms with E-state index in [9.17, 15) is 9.59 Å². The predicted octanol–water partition coefficient (Wildman–Crippen LogP) is 5.33. The molecule has 1 aliphatic rings. The zero-order valence-electron chi connectivity index (χ0n) is 18.2. The Labute approximate surface area is 213 Å². The SMILES string of the molecule is O=C(CSc1nc2sc3c(c2c(=O)n1-c1ccccc1)CCCC3)N/N=C\c1cccc(Br)c1. The van der Waals surface area contributed by atoms with E-state index in [1.54, 1.807) is 22.1 Å². The van der Waals surface area contributed by atoms with E-state index in [2.05, 4.69) is 26.5 Å². The largest absolute Gasteiger partial charge is 0.272 e. The lowest BCUT2D eigenvalue weighted by molar-refractivity contribution is -0.118. The maximum absolute atomic E-state index is 13.7. The van der Waals surface area contributed by atoms with Crippen LogP contribution in [-0.2, 0) is 17.6 Å². The molecule has 0 saturated heterocycles. The number of halogens is 1. The van der Waals surface area contributed by atoms with Gasteiger partial charge in [0.2, 0.25) is 0 Å². The molecule has 0 bridgehead atoms. The monoisotopic (exact) mass is 552 g/mol. The topological polar surface area (TPSA) is 76.3 Å². The fraction of sp³-hybridized carbons (Fsp3) is 0.200. The minimum Gasteiger partial charge on any atom is -0.272 e. The van der Waals surface area contributed by atoms with Crippen LogP contribution in [0.5, 0.6) is 0 Å². The second kappa shape index (κ2) is 10.2. The lowest BCUT2D eigenvalue weighted by Gasteiger charge is -2.13. The molecule has 9 heteroatoms. The van der Waals surface area contributed by atoms with Gasteiger partial charge in [-0.3, -0.25) is 14.2 Å². The van der Waals surface area contributed by atoms with Crippen molar-refractivity contribution in [3.63, 3.8) is 0 Å². The molecule has 34 heavy (non-hydrogen) atoms. The second-order valence-electron chi connectivity index (χ2n) is 7.90. The number of carbonyl (C=O) groups excluding carboxylic acids is 1. The Kier molecular flexibility index (Phi) is 6.94. The number of amides is 1. The van der Waals surface area contributed by atoms with E-state index in [0.717, 1.165) is 57.2 Å². The van der Waals surface area contributed by atoms with Gasteiger partial charge in [-0.1, -0.05) is 58.0 Å². The van der Waals surface area contributed by atoms with Crippen LogP contribution in [0.1, 0.15) is 28.8 Å². The molecule has 1 amide bonds. The fourth-order valence-electron chi connectivity index (χ4n) is 4.02. The molecule has 2 heterocycles. The summed E-state index contributed by atoms with van der Waals surface area (Å²) >= 11 is 6.27.